The number of furan rings is 1. The monoisotopic (exact) mass is 427 g/mol. The topological polar surface area (TPSA) is 69.8 Å². The van der Waals surface area contributed by atoms with Crippen LogP contribution in [0, 0.1) is 0 Å². The van der Waals surface area contributed by atoms with E-state index in [1.807, 2.05) is 19.1 Å². The van der Waals surface area contributed by atoms with E-state index in [0.717, 1.165) is 43.4 Å². The second-order valence-electron chi connectivity index (χ2n) is 4.41. The molecular formula is C14H26IN3O2S. The summed E-state index contributed by atoms with van der Waals surface area (Å²) in [5.41, 5.74) is 0. The number of guanidine groups is 1. The van der Waals surface area contributed by atoms with Crippen molar-refractivity contribution >= 4 is 41.7 Å². The van der Waals surface area contributed by atoms with Crippen LogP contribution < -0.4 is 10.6 Å². The Morgan fingerprint density at radius 1 is 1.52 bits per heavy atom. The molecule has 0 saturated carbocycles. The summed E-state index contributed by atoms with van der Waals surface area (Å²) < 4.78 is 5.29. The summed E-state index contributed by atoms with van der Waals surface area (Å²) in [5, 5.41) is 15.8. The summed E-state index contributed by atoms with van der Waals surface area (Å²) >= 11 is 1.77. The molecule has 0 bridgehead atoms. The van der Waals surface area contributed by atoms with E-state index in [-0.39, 0.29) is 36.6 Å². The summed E-state index contributed by atoms with van der Waals surface area (Å²) in [4.78, 5) is 4.50. The highest BCUT2D eigenvalue weighted by molar-refractivity contribution is 14.0. The lowest BCUT2D eigenvalue weighted by Gasteiger charge is -2.18. The fourth-order valence-corrected chi connectivity index (χ4v) is 1.90. The van der Waals surface area contributed by atoms with E-state index in [9.17, 15) is 5.11 Å². The number of hydrogen-bond donors (Lipinski definition) is 3. The third-order valence-electron chi connectivity index (χ3n) is 2.86. The van der Waals surface area contributed by atoms with Crippen LogP contribution in [0.25, 0.3) is 0 Å². The molecule has 1 aromatic heterocycles. The van der Waals surface area contributed by atoms with Crippen molar-refractivity contribution in [2.75, 3.05) is 31.7 Å². The van der Waals surface area contributed by atoms with Crippen molar-refractivity contribution in [1.29, 1.82) is 0 Å². The number of aliphatic hydroxyl groups excluding tert-OH is 1. The number of rotatable bonds is 9. The van der Waals surface area contributed by atoms with E-state index in [0.29, 0.717) is 0 Å². The molecule has 0 unspecified atom stereocenters. The lowest BCUT2D eigenvalue weighted by molar-refractivity contribution is 0.251. The normalized spacial score (nSPS) is 12.6. The zero-order chi connectivity index (χ0) is 14.6. The quantitative estimate of drug-likeness (QED) is 0.244. The molecular weight excluding hydrogens is 401 g/mol. The van der Waals surface area contributed by atoms with Gasteiger partial charge < -0.3 is 20.2 Å². The van der Waals surface area contributed by atoms with Crippen LogP contribution in [0.3, 0.4) is 0 Å². The average Bonchev–Trinajstić information content (AvgIpc) is 2.97. The lowest BCUT2D eigenvalue weighted by atomic mass is 10.2. The van der Waals surface area contributed by atoms with Gasteiger partial charge in [-0.25, -0.2) is 0 Å². The molecule has 1 rings (SSSR count). The van der Waals surface area contributed by atoms with Gasteiger partial charge in [0.05, 0.1) is 25.5 Å². The molecule has 122 valence electrons. The number of nitrogens with one attached hydrogen (secondary N) is 2. The third kappa shape index (κ3) is 9.26. The van der Waals surface area contributed by atoms with Gasteiger partial charge in [0, 0.05) is 18.7 Å². The Balaban J connectivity index is 0.00000400. The van der Waals surface area contributed by atoms with Gasteiger partial charge in [0.2, 0.25) is 0 Å². The number of hydrogen-bond acceptors (Lipinski definition) is 4. The Bertz CT molecular complexity index is 370. The maximum Gasteiger partial charge on any atom is 0.191 e. The molecule has 1 heterocycles. The Hall–Kier alpha value is -0.410. The minimum absolute atomic E-state index is 0. The second kappa shape index (κ2) is 13.3. The molecule has 0 aliphatic carbocycles. The van der Waals surface area contributed by atoms with Crippen LogP contribution in [0.5, 0.6) is 0 Å². The lowest BCUT2D eigenvalue weighted by Crippen LogP contribution is -2.45. The number of halogens is 1. The number of thioether (sulfide) groups is 1. The molecule has 0 radical (unpaired) electrons. The van der Waals surface area contributed by atoms with Gasteiger partial charge >= 0.3 is 0 Å². The van der Waals surface area contributed by atoms with E-state index in [1.54, 1.807) is 18.0 Å². The molecule has 0 fully saturated rings. The van der Waals surface area contributed by atoms with Gasteiger partial charge in [-0.1, -0.05) is 6.92 Å². The van der Waals surface area contributed by atoms with Crippen molar-refractivity contribution in [3.05, 3.63) is 24.2 Å². The van der Waals surface area contributed by atoms with Crippen molar-refractivity contribution in [2.45, 2.75) is 25.8 Å². The van der Waals surface area contributed by atoms with E-state index < -0.39 is 0 Å². The number of nitrogens with zero attached hydrogens (tertiary/aromatic N) is 1. The van der Waals surface area contributed by atoms with Crippen molar-refractivity contribution < 1.29 is 9.52 Å². The molecule has 1 atom stereocenters. The highest BCUT2D eigenvalue weighted by atomic mass is 127. The fraction of sp³-hybridized carbons (Fsp3) is 0.643. The molecule has 0 aromatic carbocycles. The fourth-order valence-electron chi connectivity index (χ4n) is 1.63. The van der Waals surface area contributed by atoms with Crippen LogP contribution in [0.1, 0.15) is 19.1 Å². The minimum Gasteiger partial charge on any atom is -0.469 e. The molecule has 1 aromatic rings. The standard InChI is InChI=1S/C14H25N3O2S.HI/c1-3-12(11-18)17-14(16-8-10-20-2)15-7-6-13-5-4-9-19-13;/h4-5,9,12,18H,3,6-8,10-11H2,1-2H3,(H2,15,16,17);1H/t12-;/m1./s1. The summed E-state index contributed by atoms with van der Waals surface area (Å²) in [7, 11) is 0. The molecule has 0 aliphatic rings. The summed E-state index contributed by atoms with van der Waals surface area (Å²) in [5.74, 6) is 2.70. The Morgan fingerprint density at radius 3 is 2.90 bits per heavy atom. The first-order valence-electron chi connectivity index (χ1n) is 6.97. The van der Waals surface area contributed by atoms with Crippen molar-refractivity contribution in [3.8, 4) is 0 Å². The van der Waals surface area contributed by atoms with E-state index in [1.165, 1.54) is 0 Å². The summed E-state index contributed by atoms with van der Waals surface area (Å²) in [6.07, 6.45) is 5.42. The van der Waals surface area contributed by atoms with Crippen molar-refractivity contribution in [3.63, 3.8) is 0 Å². The highest BCUT2D eigenvalue weighted by Crippen LogP contribution is 1.99. The van der Waals surface area contributed by atoms with Crippen LogP contribution in [-0.4, -0.2) is 48.8 Å². The summed E-state index contributed by atoms with van der Waals surface area (Å²) in [6, 6.07) is 3.89. The second-order valence-corrected chi connectivity index (χ2v) is 5.40. The van der Waals surface area contributed by atoms with Crippen LogP contribution in [-0.2, 0) is 6.42 Å². The van der Waals surface area contributed by atoms with Gasteiger partial charge in [0.15, 0.2) is 5.96 Å². The molecule has 0 saturated heterocycles. The van der Waals surface area contributed by atoms with E-state index in [4.69, 9.17) is 4.42 Å². The molecule has 3 N–H and O–H groups in total. The molecule has 0 aliphatic heterocycles. The van der Waals surface area contributed by atoms with Gasteiger partial charge in [-0.15, -0.1) is 24.0 Å². The van der Waals surface area contributed by atoms with Gasteiger partial charge in [0.1, 0.15) is 5.76 Å². The largest absolute Gasteiger partial charge is 0.469 e. The molecule has 5 nitrogen and oxygen atoms in total. The first kappa shape index (κ1) is 20.6. The van der Waals surface area contributed by atoms with Gasteiger partial charge in [-0.2, -0.15) is 11.8 Å². The third-order valence-corrected chi connectivity index (χ3v) is 3.45. The van der Waals surface area contributed by atoms with Crippen LogP contribution in [0.4, 0.5) is 0 Å². The van der Waals surface area contributed by atoms with Crippen LogP contribution in [0.2, 0.25) is 0 Å². The van der Waals surface area contributed by atoms with Gasteiger partial charge in [0.25, 0.3) is 0 Å². The first-order chi connectivity index (χ1) is 9.80. The summed E-state index contributed by atoms with van der Waals surface area (Å²) in [6.45, 7) is 3.66. The van der Waals surface area contributed by atoms with E-state index >= 15 is 0 Å². The highest BCUT2D eigenvalue weighted by Gasteiger charge is 2.07. The molecule has 21 heavy (non-hydrogen) atoms. The average molecular weight is 427 g/mol. The van der Waals surface area contributed by atoms with Crippen molar-refractivity contribution in [1.82, 2.24) is 10.6 Å². The molecule has 7 heteroatoms. The maximum absolute atomic E-state index is 9.26. The predicted octanol–water partition coefficient (Wildman–Crippen LogP) is 2.11. The molecule has 0 amide bonds. The number of aliphatic imine (C=N–C) groups is 1. The SMILES string of the molecule is CC[C@H](CO)NC(=NCCSC)NCCc1ccco1.I. The Kier molecular flexibility index (Phi) is 13.0. The minimum atomic E-state index is 0. The zero-order valence-corrected chi connectivity index (χ0v) is 15.8. The zero-order valence-electron chi connectivity index (χ0n) is 12.7. The maximum atomic E-state index is 9.26. The predicted molar refractivity (Wildman–Crippen MR) is 101 cm³/mol. The first-order valence-corrected chi connectivity index (χ1v) is 8.36. The van der Waals surface area contributed by atoms with Crippen molar-refractivity contribution in [2.24, 2.45) is 4.99 Å². The Morgan fingerprint density at radius 2 is 2.33 bits per heavy atom. The van der Waals surface area contributed by atoms with Crippen LogP contribution in [0.15, 0.2) is 27.8 Å². The van der Waals surface area contributed by atoms with Gasteiger partial charge in [-0.3, -0.25) is 4.99 Å². The van der Waals surface area contributed by atoms with Crippen LogP contribution >= 0.6 is 35.7 Å². The smallest absolute Gasteiger partial charge is 0.191 e. The molecule has 0 spiro atoms. The van der Waals surface area contributed by atoms with E-state index in [2.05, 4.69) is 21.9 Å². The Labute approximate surface area is 148 Å². The number of aliphatic hydroxyl groups is 1. The van der Waals surface area contributed by atoms with Gasteiger partial charge in [-0.05, 0) is 24.8 Å².